The van der Waals surface area contributed by atoms with E-state index in [9.17, 15) is 0 Å². The first kappa shape index (κ1) is 11.2. The molecule has 1 aromatic heterocycles. The molecule has 1 heterocycles. The minimum atomic E-state index is 0.325. The summed E-state index contributed by atoms with van der Waals surface area (Å²) in [5, 5.41) is 4.26. The smallest absolute Gasteiger partial charge is 0.0888 e. The molecule has 0 N–H and O–H groups in total. The van der Waals surface area contributed by atoms with Gasteiger partial charge < -0.3 is 4.74 Å². The molecule has 1 unspecified atom stereocenters. The zero-order valence-electron chi connectivity index (χ0n) is 9.53. The fourth-order valence-electron chi connectivity index (χ4n) is 1.27. The van der Waals surface area contributed by atoms with Gasteiger partial charge in [0, 0.05) is 12.2 Å². The average Bonchev–Trinajstić information content (AvgIpc) is 2.62. The molecule has 0 amide bonds. The van der Waals surface area contributed by atoms with E-state index in [0.29, 0.717) is 18.8 Å². The van der Waals surface area contributed by atoms with Crippen LogP contribution in [0.25, 0.3) is 0 Å². The number of aromatic nitrogens is 2. The normalized spacial score (nSPS) is 13.5. The van der Waals surface area contributed by atoms with Crippen molar-refractivity contribution in [3.8, 4) is 0 Å². The molecular weight excluding hydrogens is 176 g/mol. The van der Waals surface area contributed by atoms with Crippen LogP contribution in [0.15, 0.2) is 12.3 Å². The maximum absolute atomic E-state index is 5.67. The molecule has 3 nitrogen and oxygen atoms in total. The Kier molecular flexibility index (Phi) is 4.14. The molecule has 0 saturated heterocycles. The summed E-state index contributed by atoms with van der Waals surface area (Å²) in [7, 11) is 0. The topological polar surface area (TPSA) is 27.1 Å². The zero-order chi connectivity index (χ0) is 10.6. The van der Waals surface area contributed by atoms with E-state index in [-0.39, 0.29) is 0 Å². The summed E-state index contributed by atoms with van der Waals surface area (Å²) in [4.78, 5) is 0. The highest BCUT2D eigenvalue weighted by Crippen LogP contribution is 2.10. The molecule has 80 valence electrons. The van der Waals surface area contributed by atoms with Crippen molar-refractivity contribution >= 4 is 0 Å². The summed E-state index contributed by atoms with van der Waals surface area (Å²) in [6.07, 6.45) is 3.20. The lowest BCUT2D eigenvalue weighted by Gasteiger charge is -2.13. The van der Waals surface area contributed by atoms with Gasteiger partial charge in [-0.1, -0.05) is 6.92 Å². The van der Waals surface area contributed by atoms with E-state index in [1.807, 2.05) is 16.9 Å². The fraction of sp³-hybridized carbons (Fsp3) is 0.727. The monoisotopic (exact) mass is 196 g/mol. The van der Waals surface area contributed by atoms with Crippen LogP contribution in [-0.2, 0) is 11.3 Å². The predicted molar refractivity (Wildman–Crippen MR) is 57.2 cm³/mol. The highest BCUT2D eigenvalue weighted by atomic mass is 16.5. The van der Waals surface area contributed by atoms with Crippen LogP contribution in [0.1, 0.15) is 45.9 Å². The van der Waals surface area contributed by atoms with Gasteiger partial charge in [-0.05, 0) is 33.3 Å². The Balaban J connectivity index is 2.54. The summed E-state index contributed by atoms with van der Waals surface area (Å²) in [5.41, 5.74) is 1.15. The van der Waals surface area contributed by atoms with Gasteiger partial charge in [0.15, 0.2) is 0 Å². The van der Waals surface area contributed by atoms with E-state index in [2.05, 4.69) is 32.8 Å². The third kappa shape index (κ3) is 2.84. The molecule has 3 heteroatoms. The van der Waals surface area contributed by atoms with Crippen molar-refractivity contribution in [2.24, 2.45) is 0 Å². The standard InChI is InChI=1S/C11H20N2O/c1-5-10(4)14-8-11-6-7-12-13(11)9(2)3/h6-7,9-10H,5,8H2,1-4H3. The summed E-state index contributed by atoms with van der Waals surface area (Å²) in [6.45, 7) is 9.13. The number of ether oxygens (including phenoxy) is 1. The second-order valence-electron chi connectivity index (χ2n) is 3.89. The first-order chi connectivity index (χ1) is 6.65. The van der Waals surface area contributed by atoms with Crippen LogP contribution in [-0.4, -0.2) is 15.9 Å². The van der Waals surface area contributed by atoms with Crippen molar-refractivity contribution in [2.75, 3.05) is 0 Å². The molecule has 0 aliphatic heterocycles. The van der Waals surface area contributed by atoms with Gasteiger partial charge in [-0.3, -0.25) is 4.68 Å². The molecule has 0 aliphatic carbocycles. The molecule has 1 atom stereocenters. The Labute approximate surface area is 86.1 Å². The van der Waals surface area contributed by atoms with E-state index in [0.717, 1.165) is 12.1 Å². The van der Waals surface area contributed by atoms with Crippen molar-refractivity contribution in [2.45, 2.75) is 52.9 Å². The third-order valence-corrected chi connectivity index (χ3v) is 2.33. The van der Waals surface area contributed by atoms with Gasteiger partial charge in [0.25, 0.3) is 0 Å². The van der Waals surface area contributed by atoms with Gasteiger partial charge in [0.1, 0.15) is 0 Å². The summed E-state index contributed by atoms with van der Waals surface area (Å²) < 4.78 is 7.67. The quantitative estimate of drug-likeness (QED) is 0.724. The van der Waals surface area contributed by atoms with E-state index in [1.54, 1.807) is 0 Å². The SMILES string of the molecule is CCC(C)OCc1ccnn1C(C)C. The van der Waals surface area contributed by atoms with Crippen LogP contribution in [0.4, 0.5) is 0 Å². The molecule has 0 fully saturated rings. The van der Waals surface area contributed by atoms with Crippen molar-refractivity contribution in [3.63, 3.8) is 0 Å². The van der Waals surface area contributed by atoms with Crippen LogP contribution < -0.4 is 0 Å². The molecule has 1 rings (SSSR count). The molecule has 0 radical (unpaired) electrons. The van der Waals surface area contributed by atoms with E-state index >= 15 is 0 Å². The Hall–Kier alpha value is -0.830. The van der Waals surface area contributed by atoms with Crippen LogP contribution in [0.5, 0.6) is 0 Å². The Morgan fingerprint density at radius 3 is 2.71 bits per heavy atom. The minimum absolute atomic E-state index is 0.325. The Bertz CT molecular complexity index is 268. The van der Waals surface area contributed by atoms with Crippen LogP contribution in [0, 0.1) is 0 Å². The van der Waals surface area contributed by atoms with Gasteiger partial charge in [0.05, 0.1) is 18.4 Å². The van der Waals surface area contributed by atoms with Crippen LogP contribution >= 0.6 is 0 Å². The van der Waals surface area contributed by atoms with Crippen molar-refractivity contribution in [1.82, 2.24) is 9.78 Å². The molecule has 14 heavy (non-hydrogen) atoms. The first-order valence-electron chi connectivity index (χ1n) is 5.29. The fourth-order valence-corrected chi connectivity index (χ4v) is 1.27. The van der Waals surface area contributed by atoms with Gasteiger partial charge in [-0.15, -0.1) is 0 Å². The second-order valence-corrected chi connectivity index (χ2v) is 3.89. The Morgan fingerprint density at radius 2 is 2.14 bits per heavy atom. The van der Waals surface area contributed by atoms with Gasteiger partial charge in [-0.25, -0.2) is 0 Å². The molecule has 0 saturated carbocycles. The molecule has 1 aromatic rings. The zero-order valence-corrected chi connectivity index (χ0v) is 9.53. The minimum Gasteiger partial charge on any atom is -0.372 e. The molecule has 0 bridgehead atoms. The van der Waals surface area contributed by atoms with E-state index < -0.39 is 0 Å². The number of rotatable bonds is 5. The molecule has 0 aliphatic rings. The van der Waals surface area contributed by atoms with E-state index in [1.165, 1.54) is 0 Å². The maximum Gasteiger partial charge on any atom is 0.0888 e. The Morgan fingerprint density at radius 1 is 1.43 bits per heavy atom. The molecular formula is C11H20N2O. The van der Waals surface area contributed by atoms with E-state index in [4.69, 9.17) is 4.74 Å². The first-order valence-corrected chi connectivity index (χ1v) is 5.29. The lowest BCUT2D eigenvalue weighted by molar-refractivity contribution is 0.0461. The number of hydrogen-bond acceptors (Lipinski definition) is 2. The third-order valence-electron chi connectivity index (χ3n) is 2.33. The number of nitrogens with zero attached hydrogens (tertiary/aromatic N) is 2. The van der Waals surface area contributed by atoms with Crippen LogP contribution in [0.2, 0.25) is 0 Å². The van der Waals surface area contributed by atoms with Crippen molar-refractivity contribution in [3.05, 3.63) is 18.0 Å². The summed E-state index contributed by atoms with van der Waals surface area (Å²) in [5.74, 6) is 0. The molecule has 0 aromatic carbocycles. The van der Waals surface area contributed by atoms with Crippen LogP contribution in [0.3, 0.4) is 0 Å². The maximum atomic E-state index is 5.67. The summed E-state index contributed by atoms with van der Waals surface area (Å²) in [6, 6.07) is 2.42. The second kappa shape index (κ2) is 5.15. The highest BCUT2D eigenvalue weighted by Gasteiger charge is 2.07. The van der Waals surface area contributed by atoms with Gasteiger partial charge >= 0.3 is 0 Å². The average molecular weight is 196 g/mol. The molecule has 0 spiro atoms. The summed E-state index contributed by atoms with van der Waals surface area (Å²) >= 11 is 0. The highest BCUT2D eigenvalue weighted by molar-refractivity contribution is 4.99. The lowest BCUT2D eigenvalue weighted by atomic mass is 10.3. The van der Waals surface area contributed by atoms with Crippen molar-refractivity contribution in [1.29, 1.82) is 0 Å². The lowest BCUT2D eigenvalue weighted by Crippen LogP contribution is -2.12. The van der Waals surface area contributed by atoms with Gasteiger partial charge in [-0.2, -0.15) is 5.10 Å². The van der Waals surface area contributed by atoms with Crippen molar-refractivity contribution < 1.29 is 4.74 Å². The largest absolute Gasteiger partial charge is 0.372 e. The number of hydrogen-bond donors (Lipinski definition) is 0. The van der Waals surface area contributed by atoms with Gasteiger partial charge in [0.2, 0.25) is 0 Å². The predicted octanol–water partition coefficient (Wildman–Crippen LogP) is 2.78.